The van der Waals surface area contributed by atoms with Crippen molar-refractivity contribution in [1.29, 1.82) is 0 Å². The van der Waals surface area contributed by atoms with E-state index in [1.807, 2.05) is 0 Å². The number of nitrogens with zero attached hydrogens (tertiary/aromatic N) is 3. The lowest BCUT2D eigenvalue weighted by molar-refractivity contribution is -0.212. The highest BCUT2D eigenvalue weighted by Crippen LogP contribution is 2.38. The predicted octanol–water partition coefficient (Wildman–Crippen LogP) is 0.494. The van der Waals surface area contributed by atoms with Crippen LogP contribution in [0.25, 0.3) is 10.4 Å². The number of azide groups is 1. The monoisotopic (exact) mass is 492 g/mol. The molecule has 0 aromatic rings. The lowest BCUT2D eigenvalue weighted by atomic mass is 9.88. The molecule has 0 aromatic heterocycles. The Labute approximate surface area is 193 Å². The van der Waals surface area contributed by atoms with E-state index in [2.05, 4.69) is 20.1 Å². The van der Waals surface area contributed by atoms with E-state index < -0.39 is 78.3 Å². The third-order valence-corrected chi connectivity index (χ3v) is 4.78. The van der Waals surface area contributed by atoms with Crippen LogP contribution in [-0.4, -0.2) is 79.0 Å². The number of ether oxygens (including phenoxy) is 5. The third-order valence-electron chi connectivity index (χ3n) is 4.38. The maximum atomic E-state index is 12.4. The molecule has 0 radical (unpaired) electrons. The number of nitrogens with one attached hydrogen (secondary N) is 1. The van der Waals surface area contributed by atoms with Gasteiger partial charge >= 0.3 is 23.9 Å². The second-order valence-electron chi connectivity index (χ2n) is 7.03. The summed E-state index contributed by atoms with van der Waals surface area (Å²) in [5.74, 6) is -4.07. The van der Waals surface area contributed by atoms with E-state index in [4.69, 9.17) is 36.1 Å². The van der Waals surface area contributed by atoms with Crippen molar-refractivity contribution in [3.63, 3.8) is 0 Å². The number of rotatable bonds is 9. The fourth-order valence-electron chi connectivity index (χ4n) is 3.25. The Kier molecular flexibility index (Phi) is 10.4. The van der Waals surface area contributed by atoms with Crippen LogP contribution in [0.1, 0.15) is 34.1 Å². The number of carbonyl (C=O) groups is 5. The highest BCUT2D eigenvalue weighted by molar-refractivity contribution is 6.32. The van der Waals surface area contributed by atoms with Crippen LogP contribution in [0.4, 0.5) is 0 Å². The molecule has 0 aromatic carbocycles. The topological polar surface area (TPSA) is 192 Å². The van der Waals surface area contributed by atoms with Gasteiger partial charge in [-0.05, 0) is 5.53 Å². The first-order valence-corrected chi connectivity index (χ1v) is 9.96. The van der Waals surface area contributed by atoms with Crippen molar-refractivity contribution in [3.8, 4) is 0 Å². The zero-order valence-electron chi connectivity index (χ0n) is 18.6. The molecule has 1 heterocycles. The van der Waals surface area contributed by atoms with Crippen molar-refractivity contribution in [2.45, 2.75) is 69.6 Å². The number of hydrogen-bond acceptors (Lipinski definition) is 11. The summed E-state index contributed by atoms with van der Waals surface area (Å²) in [7, 11) is 1.04. The Bertz CT molecular complexity index is 833. The zero-order valence-corrected chi connectivity index (χ0v) is 19.4. The molecule has 1 aliphatic rings. The molecule has 6 atom stereocenters. The average molecular weight is 493 g/mol. The summed E-state index contributed by atoms with van der Waals surface area (Å²) in [4.78, 5) is 61.9. The first kappa shape index (κ1) is 27.9. The molecule has 1 unspecified atom stereocenters. The number of carbonyl (C=O) groups excluding carboxylic acids is 5. The Balaban J connectivity index is 3.63. The van der Waals surface area contributed by atoms with Gasteiger partial charge in [-0.2, -0.15) is 0 Å². The van der Waals surface area contributed by atoms with Crippen LogP contribution in [0.3, 0.4) is 0 Å². The quantitative estimate of drug-likeness (QED) is 0.118. The van der Waals surface area contributed by atoms with Gasteiger partial charge < -0.3 is 29.0 Å². The number of alkyl halides is 1. The Hall–Kier alpha value is -3.09. The standard InChI is InChI=1S/C18H25ClN4O10/c1-8(24)21-14-12(22-23-20)6-18(19,17(28)29-5)33-16(14)15(32-11(4)27)13(31-10(3)26)7-30-9(2)25/h12-16H,6-7H2,1-5H3,(H,21,24)/t12-,13-,14-,15-,16?,18+/m1/s1. The molecule has 14 nitrogen and oxygen atoms in total. The second kappa shape index (κ2) is 12.2. The molecule has 1 rings (SSSR count). The highest BCUT2D eigenvalue weighted by Gasteiger charge is 2.56. The Morgan fingerprint density at radius 2 is 1.76 bits per heavy atom. The molecule has 0 spiro atoms. The first-order chi connectivity index (χ1) is 15.3. The van der Waals surface area contributed by atoms with E-state index in [1.165, 1.54) is 0 Å². The molecule has 184 valence electrons. The fourth-order valence-corrected chi connectivity index (χ4v) is 3.59. The molecular formula is C18H25ClN4O10. The summed E-state index contributed by atoms with van der Waals surface area (Å²) in [5, 5.41) is 3.89. The second-order valence-corrected chi connectivity index (χ2v) is 7.64. The van der Waals surface area contributed by atoms with Crippen molar-refractivity contribution >= 4 is 41.4 Å². The molecule has 1 fully saturated rings. The zero-order chi connectivity index (χ0) is 25.3. The van der Waals surface area contributed by atoms with Crippen molar-refractivity contribution < 1.29 is 47.7 Å². The molecule has 1 aliphatic heterocycles. The molecule has 1 amide bonds. The van der Waals surface area contributed by atoms with Gasteiger partial charge in [-0.15, -0.1) is 0 Å². The van der Waals surface area contributed by atoms with E-state index >= 15 is 0 Å². The molecule has 0 bridgehead atoms. The summed E-state index contributed by atoms with van der Waals surface area (Å²) in [6, 6.07) is -2.38. The van der Waals surface area contributed by atoms with Crippen molar-refractivity contribution in [2.24, 2.45) is 5.11 Å². The minimum Gasteiger partial charge on any atom is -0.466 e. The van der Waals surface area contributed by atoms with E-state index in [9.17, 15) is 24.0 Å². The molecule has 1 saturated heterocycles. The predicted molar refractivity (Wildman–Crippen MR) is 108 cm³/mol. The summed E-state index contributed by atoms with van der Waals surface area (Å²) in [6.07, 6.45) is -4.94. The molecule has 15 heteroatoms. The number of esters is 4. The van der Waals surface area contributed by atoms with Gasteiger partial charge in [0.15, 0.2) is 12.2 Å². The smallest absolute Gasteiger partial charge is 0.354 e. The van der Waals surface area contributed by atoms with Crippen LogP contribution in [0.15, 0.2) is 5.11 Å². The number of halogens is 1. The van der Waals surface area contributed by atoms with Gasteiger partial charge in [0.25, 0.3) is 0 Å². The summed E-state index contributed by atoms with van der Waals surface area (Å²) in [5.41, 5.74) is 9.01. The minimum atomic E-state index is -2.21. The lowest BCUT2D eigenvalue weighted by Gasteiger charge is -2.46. The minimum absolute atomic E-state index is 0.415. The molecule has 33 heavy (non-hydrogen) atoms. The average Bonchev–Trinajstić information content (AvgIpc) is 2.70. The number of amides is 1. The van der Waals surface area contributed by atoms with Gasteiger partial charge in [0, 0.05) is 39.0 Å². The van der Waals surface area contributed by atoms with Gasteiger partial charge in [0.05, 0.1) is 19.2 Å². The van der Waals surface area contributed by atoms with Crippen LogP contribution in [0, 0.1) is 0 Å². The van der Waals surface area contributed by atoms with Crippen molar-refractivity contribution in [2.75, 3.05) is 13.7 Å². The van der Waals surface area contributed by atoms with E-state index in [-0.39, 0.29) is 0 Å². The number of hydrogen-bond donors (Lipinski definition) is 1. The summed E-state index contributed by atoms with van der Waals surface area (Å²) in [6.45, 7) is 3.79. The van der Waals surface area contributed by atoms with Gasteiger partial charge in [-0.1, -0.05) is 16.7 Å². The van der Waals surface area contributed by atoms with E-state index in [1.54, 1.807) is 0 Å². The van der Waals surface area contributed by atoms with Gasteiger partial charge in [-0.25, -0.2) is 4.79 Å². The molecule has 1 N–H and O–H groups in total. The normalized spacial score (nSPS) is 25.9. The first-order valence-electron chi connectivity index (χ1n) is 9.58. The van der Waals surface area contributed by atoms with Gasteiger partial charge in [0.2, 0.25) is 11.0 Å². The largest absolute Gasteiger partial charge is 0.466 e. The van der Waals surface area contributed by atoms with Gasteiger partial charge in [-0.3, -0.25) is 19.2 Å². The van der Waals surface area contributed by atoms with Crippen LogP contribution in [0.2, 0.25) is 0 Å². The van der Waals surface area contributed by atoms with E-state index in [0.717, 1.165) is 34.8 Å². The van der Waals surface area contributed by atoms with Crippen molar-refractivity contribution in [1.82, 2.24) is 5.32 Å². The van der Waals surface area contributed by atoms with Crippen LogP contribution >= 0.6 is 11.6 Å². The summed E-state index contributed by atoms with van der Waals surface area (Å²) >= 11 is 6.34. The fraction of sp³-hybridized carbons (Fsp3) is 0.722. The van der Waals surface area contributed by atoms with Crippen LogP contribution in [0.5, 0.6) is 0 Å². The Morgan fingerprint density at radius 1 is 1.15 bits per heavy atom. The Morgan fingerprint density at radius 3 is 2.21 bits per heavy atom. The van der Waals surface area contributed by atoms with Gasteiger partial charge in [0.1, 0.15) is 12.7 Å². The molecular weight excluding hydrogens is 468 g/mol. The van der Waals surface area contributed by atoms with E-state index in [0.29, 0.717) is 0 Å². The third kappa shape index (κ3) is 8.08. The maximum Gasteiger partial charge on any atom is 0.354 e. The molecule has 0 aliphatic carbocycles. The molecule has 0 saturated carbocycles. The SMILES string of the molecule is COC(=O)[C@]1(Cl)C[C@@H](N=[N+]=[N-])[C@@H](NC(C)=O)C([C@H](OC(C)=O)[C@@H](COC(C)=O)OC(C)=O)O1. The van der Waals surface area contributed by atoms with Crippen molar-refractivity contribution in [3.05, 3.63) is 10.4 Å². The van der Waals surface area contributed by atoms with Crippen LogP contribution in [-0.2, 0) is 47.7 Å². The van der Waals surface area contributed by atoms with Crippen LogP contribution < -0.4 is 5.32 Å². The maximum absolute atomic E-state index is 12.4. The lowest BCUT2D eigenvalue weighted by Crippen LogP contribution is -2.66. The summed E-state index contributed by atoms with van der Waals surface area (Å²) < 4.78 is 25.8. The number of methoxy groups -OCH3 is 1. The highest BCUT2D eigenvalue weighted by atomic mass is 35.5.